The van der Waals surface area contributed by atoms with Gasteiger partial charge in [-0.1, -0.05) is 40.7 Å². The van der Waals surface area contributed by atoms with Gasteiger partial charge in [-0.15, -0.1) is 0 Å². The summed E-state index contributed by atoms with van der Waals surface area (Å²) in [6.07, 6.45) is 1.25. The molecule has 0 bridgehead atoms. The highest BCUT2D eigenvalue weighted by atomic mass is 19.1. The van der Waals surface area contributed by atoms with Gasteiger partial charge in [0.15, 0.2) is 0 Å². The molecule has 0 aromatic heterocycles. The van der Waals surface area contributed by atoms with E-state index in [1.165, 1.54) is 6.42 Å². The van der Waals surface area contributed by atoms with Crippen molar-refractivity contribution in [3.8, 4) is 0 Å². The van der Waals surface area contributed by atoms with Crippen LogP contribution < -0.4 is 4.90 Å². The highest BCUT2D eigenvalue weighted by molar-refractivity contribution is 5.50. The number of rotatable bonds is 1. The predicted octanol–water partition coefficient (Wildman–Crippen LogP) is 4.61. The van der Waals surface area contributed by atoms with E-state index in [-0.39, 0.29) is 11.2 Å². The molecule has 2 rings (SSSR count). The maximum absolute atomic E-state index is 14.4. The number of hydrogen-bond donors (Lipinski definition) is 0. The van der Waals surface area contributed by atoms with Crippen molar-refractivity contribution in [2.45, 2.75) is 46.5 Å². The average Bonchev–Trinajstić information content (AvgIpc) is 2.26. The van der Waals surface area contributed by atoms with Crippen molar-refractivity contribution >= 4 is 5.69 Å². The Morgan fingerprint density at radius 2 is 1.68 bits per heavy atom. The average molecular weight is 263 g/mol. The van der Waals surface area contributed by atoms with Crippen molar-refractivity contribution in [2.75, 3.05) is 18.0 Å². The van der Waals surface area contributed by atoms with Crippen molar-refractivity contribution < 1.29 is 4.39 Å². The fourth-order valence-electron chi connectivity index (χ4n) is 3.09. The summed E-state index contributed by atoms with van der Waals surface area (Å²) >= 11 is 0. The molecule has 0 N–H and O–H groups in total. The van der Waals surface area contributed by atoms with Crippen LogP contribution in [0.5, 0.6) is 0 Å². The van der Waals surface area contributed by atoms with Gasteiger partial charge in [0.25, 0.3) is 0 Å². The van der Waals surface area contributed by atoms with E-state index in [1.807, 2.05) is 6.07 Å². The standard InChI is InChI=1S/C17H26FN/c1-12-8-13(2)11-19(10-12)16-7-6-14(9-15(16)18)17(3,4)5/h6-7,9,12-13H,8,10-11H2,1-5H3. The van der Waals surface area contributed by atoms with E-state index in [9.17, 15) is 4.39 Å². The Bertz CT molecular complexity index is 437. The van der Waals surface area contributed by atoms with Crippen LogP contribution in [0.15, 0.2) is 18.2 Å². The first kappa shape index (κ1) is 14.4. The quantitative estimate of drug-likeness (QED) is 0.715. The van der Waals surface area contributed by atoms with Gasteiger partial charge in [0, 0.05) is 13.1 Å². The van der Waals surface area contributed by atoms with Crippen LogP contribution >= 0.6 is 0 Å². The maximum atomic E-state index is 14.4. The van der Waals surface area contributed by atoms with Gasteiger partial charge in [0.1, 0.15) is 5.82 Å². The van der Waals surface area contributed by atoms with Crippen LogP contribution in [0.25, 0.3) is 0 Å². The summed E-state index contributed by atoms with van der Waals surface area (Å²) in [5.74, 6) is 1.21. The maximum Gasteiger partial charge on any atom is 0.146 e. The molecule has 1 aliphatic rings. The van der Waals surface area contributed by atoms with Crippen molar-refractivity contribution in [3.05, 3.63) is 29.6 Å². The van der Waals surface area contributed by atoms with E-state index >= 15 is 0 Å². The molecule has 2 atom stereocenters. The summed E-state index contributed by atoms with van der Waals surface area (Å²) in [5.41, 5.74) is 1.83. The van der Waals surface area contributed by atoms with Gasteiger partial charge < -0.3 is 4.90 Å². The lowest BCUT2D eigenvalue weighted by atomic mass is 9.86. The predicted molar refractivity (Wildman–Crippen MR) is 80.3 cm³/mol. The van der Waals surface area contributed by atoms with Gasteiger partial charge in [0.05, 0.1) is 5.69 Å². The molecule has 1 nitrogen and oxygen atoms in total. The van der Waals surface area contributed by atoms with Crippen LogP contribution in [0.1, 0.15) is 46.6 Å². The van der Waals surface area contributed by atoms with Crippen molar-refractivity contribution in [1.29, 1.82) is 0 Å². The minimum Gasteiger partial charge on any atom is -0.369 e. The number of nitrogens with zero attached hydrogens (tertiary/aromatic N) is 1. The van der Waals surface area contributed by atoms with Crippen molar-refractivity contribution in [2.24, 2.45) is 11.8 Å². The van der Waals surface area contributed by atoms with Crippen LogP contribution in [0, 0.1) is 17.7 Å². The Morgan fingerprint density at radius 1 is 1.11 bits per heavy atom. The largest absolute Gasteiger partial charge is 0.369 e. The van der Waals surface area contributed by atoms with Gasteiger partial charge in [-0.2, -0.15) is 0 Å². The fraction of sp³-hybridized carbons (Fsp3) is 0.647. The second kappa shape index (κ2) is 5.15. The van der Waals surface area contributed by atoms with Crippen LogP contribution in [-0.4, -0.2) is 13.1 Å². The zero-order valence-corrected chi connectivity index (χ0v) is 12.8. The van der Waals surface area contributed by atoms with Crippen molar-refractivity contribution in [1.82, 2.24) is 0 Å². The third kappa shape index (κ3) is 3.29. The fourth-order valence-corrected chi connectivity index (χ4v) is 3.09. The molecule has 2 unspecified atom stereocenters. The highest BCUT2D eigenvalue weighted by Crippen LogP contribution is 2.31. The molecule has 0 radical (unpaired) electrons. The first-order valence-corrected chi connectivity index (χ1v) is 7.32. The van der Waals surface area contributed by atoms with Gasteiger partial charge in [-0.3, -0.25) is 0 Å². The Morgan fingerprint density at radius 3 is 2.16 bits per heavy atom. The summed E-state index contributed by atoms with van der Waals surface area (Å²) < 4.78 is 14.4. The molecule has 1 fully saturated rings. The number of benzene rings is 1. The molecule has 0 saturated carbocycles. The summed E-state index contributed by atoms with van der Waals surface area (Å²) in [6, 6.07) is 5.74. The molecule has 1 aliphatic heterocycles. The molecule has 0 aliphatic carbocycles. The minimum atomic E-state index is -0.0753. The second-order valence-electron chi connectivity index (χ2n) is 7.27. The number of piperidine rings is 1. The number of hydrogen-bond acceptors (Lipinski definition) is 1. The molecule has 0 amide bonds. The molecule has 1 aromatic rings. The zero-order chi connectivity index (χ0) is 14.2. The van der Waals surface area contributed by atoms with Crippen molar-refractivity contribution in [3.63, 3.8) is 0 Å². The Hall–Kier alpha value is -1.05. The lowest BCUT2D eigenvalue weighted by Crippen LogP contribution is -2.39. The van der Waals surface area contributed by atoms with E-state index in [0.29, 0.717) is 11.8 Å². The lowest BCUT2D eigenvalue weighted by Gasteiger charge is -2.37. The molecule has 19 heavy (non-hydrogen) atoms. The third-order valence-corrected chi connectivity index (χ3v) is 4.02. The van der Waals surface area contributed by atoms with E-state index in [4.69, 9.17) is 0 Å². The molecule has 2 heteroatoms. The SMILES string of the molecule is CC1CC(C)CN(c2ccc(C(C)(C)C)cc2F)C1. The lowest BCUT2D eigenvalue weighted by molar-refractivity contribution is 0.354. The minimum absolute atomic E-state index is 0.00184. The smallest absolute Gasteiger partial charge is 0.146 e. The van der Waals surface area contributed by atoms with Gasteiger partial charge in [0.2, 0.25) is 0 Å². The Balaban J connectivity index is 2.26. The first-order chi connectivity index (χ1) is 8.77. The monoisotopic (exact) mass is 263 g/mol. The summed E-state index contributed by atoms with van der Waals surface area (Å²) in [6.45, 7) is 12.8. The number of halogens is 1. The van der Waals surface area contributed by atoms with Crippen LogP contribution in [0.2, 0.25) is 0 Å². The van der Waals surface area contributed by atoms with Gasteiger partial charge >= 0.3 is 0 Å². The van der Waals surface area contributed by atoms with E-state index in [2.05, 4.69) is 45.6 Å². The molecular formula is C17H26FN. The van der Waals surface area contributed by atoms with E-state index in [1.54, 1.807) is 6.07 Å². The van der Waals surface area contributed by atoms with Crippen LogP contribution in [-0.2, 0) is 5.41 Å². The van der Waals surface area contributed by atoms with E-state index < -0.39 is 0 Å². The van der Waals surface area contributed by atoms with E-state index in [0.717, 1.165) is 24.3 Å². The summed E-state index contributed by atoms with van der Waals surface area (Å²) in [4.78, 5) is 2.21. The summed E-state index contributed by atoms with van der Waals surface area (Å²) in [5, 5.41) is 0. The molecule has 0 spiro atoms. The second-order valence-corrected chi connectivity index (χ2v) is 7.27. The number of anilines is 1. The third-order valence-electron chi connectivity index (χ3n) is 4.02. The van der Waals surface area contributed by atoms with Gasteiger partial charge in [-0.05, 0) is 41.4 Å². The topological polar surface area (TPSA) is 3.24 Å². The highest BCUT2D eigenvalue weighted by Gasteiger charge is 2.24. The normalized spacial score (nSPS) is 24.6. The molecule has 1 heterocycles. The molecular weight excluding hydrogens is 237 g/mol. The van der Waals surface area contributed by atoms with Crippen LogP contribution in [0.4, 0.5) is 10.1 Å². The van der Waals surface area contributed by atoms with Crippen LogP contribution in [0.3, 0.4) is 0 Å². The Labute approximate surface area is 116 Å². The first-order valence-electron chi connectivity index (χ1n) is 7.32. The zero-order valence-electron chi connectivity index (χ0n) is 12.8. The molecule has 1 saturated heterocycles. The molecule has 1 aromatic carbocycles. The summed E-state index contributed by atoms with van der Waals surface area (Å²) in [7, 11) is 0. The molecule has 106 valence electrons. The Kier molecular flexibility index (Phi) is 3.89. The van der Waals surface area contributed by atoms with Gasteiger partial charge in [-0.25, -0.2) is 4.39 Å².